The summed E-state index contributed by atoms with van der Waals surface area (Å²) in [5.41, 5.74) is 0. The molecule has 1 aromatic heterocycles. The summed E-state index contributed by atoms with van der Waals surface area (Å²) in [5.74, 6) is 0.902. The van der Waals surface area contributed by atoms with Crippen LogP contribution in [0.2, 0.25) is 0 Å². The van der Waals surface area contributed by atoms with Gasteiger partial charge in [-0.1, -0.05) is 11.8 Å². The minimum atomic E-state index is -0.827. The van der Waals surface area contributed by atoms with Crippen LogP contribution in [0.25, 0.3) is 0 Å². The Bertz CT molecular complexity index is 482. The summed E-state index contributed by atoms with van der Waals surface area (Å²) in [7, 11) is 1.92. The summed E-state index contributed by atoms with van der Waals surface area (Å²) in [4.78, 5) is 13.0. The average Bonchev–Trinajstić information content (AvgIpc) is 3.23. The fourth-order valence-corrected chi connectivity index (χ4v) is 2.79. The minimum Gasteiger partial charge on any atom is -0.481 e. The molecule has 1 heterocycles. The molecule has 0 saturated heterocycles. The first-order valence-corrected chi connectivity index (χ1v) is 7.64. The average molecular weight is 282 g/mol. The molecule has 0 bridgehead atoms. The van der Waals surface area contributed by atoms with E-state index in [-0.39, 0.29) is 5.75 Å². The van der Waals surface area contributed by atoms with Crippen LogP contribution in [0, 0.1) is 5.92 Å². The molecular formula is C12H18N4O2S. The third kappa shape index (κ3) is 3.02. The van der Waals surface area contributed by atoms with Crippen molar-refractivity contribution < 1.29 is 9.90 Å². The Hall–Kier alpha value is -1.24. The lowest BCUT2D eigenvalue weighted by molar-refractivity contribution is -0.133. The zero-order chi connectivity index (χ0) is 13.4. The fraction of sp³-hybridized carbons (Fsp3) is 0.750. The maximum atomic E-state index is 10.6. The second-order valence-corrected chi connectivity index (χ2v) is 6.29. The number of thioether (sulfide) groups is 1. The molecule has 0 unspecified atom stereocenters. The van der Waals surface area contributed by atoms with Crippen LogP contribution in [0.1, 0.15) is 25.7 Å². The van der Waals surface area contributed by atoms with E-state index in [4.69, 9.17) is 5.11 Å². The highest BCUT2D eigenvalue weighted by Crippen LogP contribution is 2.37. The number of rotatable bonds is 7. The van der Waals surface area contributed by atoms with Crippen LogP contribution >= 0.6 is 11.8 Å². The normalized spacial score (nSPS) is 18.6. The van der Waals surface area contributed by atoms with Gasteiger partial charge in [-0.05, 0) is 31.6 Å². The highest BCUT2D eigenvalue weighted by Gasteiger charge is 2.36. The minimum absolute atomic E-state index is 0.0258. The Morgan fingerprint density at radius 1 is 1.42 bits per heavy atom. The highest BCUT2D eigenvalue weighted by molar-refractivity contribution is 7.99. The van der Waals surface area contributed by atoms with Gasteiger partial charge in [0.15, 0.2) is 5.16 Å². The maximum absolute atomic E-state index is 10.6. The van der Waals surface area contributed by atoms with Gasteiger partial charge in [0, 0.05) is 19.6 Å². The van der Waals surface area contributed by atoms with Crippen LogP contribution in [0.3, 0.4) is 0 Å². The van der Waals surface area contributed by atoms with Gasteiger partial charge in [-0.15, -0.1) is 10.2 Å². The van der Waals surface area contributed by atoms with Crippen molar-refractivity contribution in [2.75, 3.05) is 17.2 Å². The van der Waals surface area contributed by atoms with E-state index in [1.807, 2.05) is 11.6 Å². The van der Waals surface area contributed by atoms with Crippen molar-refractivity contribution in [2.24, 2.45) is 13.0 Å². The molecule has 19 heavy (non-hydrogen) atoms. The third-order valence-corrected chi connectivity index (χ3v) is 4.54. The van der Waals surface area contributed by atoms with Crippen LogP contribution in [0.4, 0.5) is 5.95 Å². The zero-order valence-corrected chi connectivity index (χ0v) is 11.8. The molecule has 2 aliphatic carbocycles. The molecule has 104 valence electrons. The van der Waals surface area contributed by atoms with Crippen LogP contribution in [-0.4, -0.2) is 44.2 Å². The highest BCUT2D eigenvalue weighted by atomic mass is 32.2. The molecule has 1 N–H and O–H groups in total. The molecule has 0 radical (unpaired) electrons. The lowest BCUT2D eigenvalue weighted by Crippen LogP contribution is -2.30. The molecule has 3 rings (SSSR count). The first kappa shape index (κ1) is 12.8. The Morgan fingerprint density at radius 2 is 2.16 bits per heavy atom. The van der Waals surface area contributed by atoms with Crippen molar-refractivity contribution in [3.63, 3.8) is 0 Å². The van der Waals surface area contributed by atoms with Gasteiger partial charge in [-0.25, -0.2) is 0 Å². The number of aliphatic carboxylic acids is 1. The Morgan fingerprint density at radius 3 is 2.74 bits per heavy atom. The Balaban J connectivity index is 1.72. The van der Waals surface area contributed by atoms with Crippen molar-refractivity contribution in [2.45, 2.75) is 36.9 Å². The van der Waals surface area contributed by atoms with Crippen LogP contribution in [0.5, 0.6) is 0 Å². The van der Waals surface area contributed by atoms with E-state index in [0.29, 0.717) is 11.2 Å². The van der Waals surface area contributed by atoms with Crippen molar-refractivity contribution in [1.82, 2.24) is 14.8 Å². The molecule has 0 amide bonds. The lowest BCUT2D eigenvalue weighted by atomic mass is 10.3. The summed E-state index contributed by atoms with van der Waals surface area (Å²) in [6.45, 7) is 1.07. The molecule has 0 aliphatic heterocycles. The van der Waals surface area contributed by atoms with E-state index in [2.05, 4.69) is 15.1 Å². The van der Waals surface area contributed by atoms with E-state index >= 15 is 0 Å². The van der Waals surface area contributed by atoms with Gasteiger partial charge >= 0.3 is 5.97 Å². The number of hydrogen-bond acceptors (Lipinski definition) is 5. The van der Waals surface area contributed by atoms with Gasteiger partial charge in [-0.3, -0.25) is 9.36 Å². The summed E-state index contributed by atoms with van der Waals surface area (Å²) in [6.07, 6.45) is 5.11. The lowest BCUT2D eigenvalue weighted by Gasteiger charge is -2.22. The van der Waals surface area contributed by atoms with Gasteiger partial charge in [0.05, 0.1) is 5.75 Å². The molecule has 6 nitrogen and oxygen atoms in total. The second kappa shape index (κ2) is 5.03. The summed E-state index contributed by atoms with van der Waals surface area (Å²) >= 11 is 1.22. The first-order valence-electron chi connectivity index (χ1n) is 6.65. The monoisotopic (exact) mass is 282 g/mol. The van der Waals surface area contributed by atoms with E-state index in [1.54, 1.807) is 0 Å². The molecule has 0 aromatic carbocycles. The number of nitrogens with zero attached hydrogens (tertiary/aromatic N) is 4. The smallest absolute Gasteiger partial charge is 0.313 e. The molecule has 1 aromatic rings. The van der Waals surface area contributed by atoms with Gasteiger partial charge in [-0.2, -0.15) is 0 Å². The van der Waals surface area contributed by atoms with Gasteiger partial charge in [0.2, 0.25) is 5.95 Å². The third-order valence-electron chi connectivity index (χ3n) is 3.53. The number of aromatic nitrogens is 3. The maximum Gasteiger partial charge on any atom is 0.313 e. The SMILES string of the molecule is Cn1c(SCC(=O)O)nnc1N(CC1CC1)C1CC1. The van der Waals surface area contributed by atoms with Crippen molar-refractivity contribution in [3.05, 3.63) is 0 Å². The molecule has 2 saturated carbocycles. The van der Waals surface area contributed by atoms with Crippen molar-refractivity contribution in [1.29, 1.82) is 0 Å². The van der Waals surface area contributed by atoms with Gasteiger partial charge in [0.1, 0.15) is 0 Å². The van der Waals surface area contributed by atoms with Crippen molar-refractivity contribution in [3.8, 4) is 0 Å². The second-order valence-electron chi connectivity index (χ2n) is 5.35. The van der Waals surface area contributed by atoms with E-state index in [1.165, 1.54) is 37.4 Å². The number of carboxylic acid groups (broad SMARTS) is 1. The molecular weight excluding hydrogens is 264 g/mol. The standard InChI is InChI=1S/C12H18N4O2S/c1-15-11(13-14-12(15)19-7-10(17)18)16(9-4-5-9)6-8-2-3-8/h8-9H,2-7H2,1H3,(H,17,18). The van der Waals surface area contributed by atoms with E-state index in [9.17, 15) is 4.79 Å². The Kier molecular flexibility index (Phi) is 3.38. The van der Waals surface area contributed by atoms with Crippen LogP contribution < -0.4 is 4.90 Å². The zero-order valence-electron chi connectivity index (χ0n) is 10.9. The number of carboxylic acids is 1. The van der Waals surface area contributed by atoms with Crippen molar-refractivity contribution >= 4 is 23.7 Å². The topological polar surface area (TPSA) is 71.2 Å². The van der Waals surface area contributed by atoms with Crippen LogP contribution in [0.15, 0.2) is 5.16 Å². The number of hydrogen-bond donors (Lipinski definition) is 1. The largest absolute Gasteiger partial charge is 0.481 e. The molecule has 2 aliphatic rings. The Labute approximate surface area is 116 Å². The van der Waals surface area contributed by atoms with Gasteiger partial charge < -0.3 is 10.0 Å². The summed E-state index contributed by atoms with van der Waals surface area (Å²) < 4.78 is 1.92. The molecule has 0 atom stereocenters. The predicted molar refractivity (Wildman–Crippen MR) is 72.5 cm³/mol. The molecule has 0 spiro atoms. The fourth-order valence-electron chi connectivity index (χ4n) is 2.17. The van der Waals surface area contributed by atoms with E-state index < -0.39 is 5.97 Å². The quantitative estimate of drug-likeness (QED) is 0.762. The van der Waals surface area contributed by atoms with Crippen LogP contribution in [-0.2, 0) is 11.8 Å². The van der Waals surface area contributed by atoms with Gasteiger partial charge in [0.25, 0.3) is 0 Å². The number of anilines is 1. The summed E-state index contributed by atoms with van der Waals surface area (Å²) in [5, 5.41) is 17.8. The summed E-state index contributed by atoms with van der Waals surface area (Å²) in [6, 6.07) is 0.612. The molecule has 2 fully saturated rings. The molecule has 7 heteroatoms. The number of carbonyl (C=O) groups is 1. The first-order chi connectivity index (χ1) is 9.15. The van der Waals surface area contributed by atoms with E-state index in [0.717, 1.165) is 18.4 Å². The predicted octanol–water partition coefficient (Wildman–Crippen LogP) is 1.37.